The van der Waals surface area contributed by atoms with E-state index in [2.05, 4.69) is 70.3 Å². The molecule has 0 unspecified atom stereocenters. The molecule has 6 heteroatoms. The predicted molar refractivity (Wildman–Crippen MR) is 133 cm³/mol. The van der Waals surface area contributed by atoms with Crippen LogP contribution in [0.15, 0.2) is 84.9 Å². The molecular formula is C27H31N3O2S. The molecule has 0 radical (unpaired) electrons. The van der Waals surface area contributed by atoms with Gasteiger partial charge in [0.1, 0.15) is 0 Å². The van der Waals surface area contributed by atoms with E-state index in [1.807, 2.05) is 24.3 Å². The molecule has 5 nitrogen and oxygen atoms in total. The summed E-state index contributed by atoms with van der Waals surface area (Å²) in [5.41, 5.74) is 4.58. The maximum absolute atomic E-state index is 12.9. The highest BCUT2D eigenvalue weighted by molar-refractivity contribution is 7.91. The van der Waals surface area contributed by atoms with Crippen LogP contribution in [0.2, 0.25) is 0 Å². The van der Waals surface area contributed by atoms with Crippen molar-refractivity contribution in [2.75, 3.05) is 23.9 Å². The Labute approximate surface area is 197 Å². The Balaban J connectivity index is 1.25. The van der Waals surface area contributed by atoms with Crippen molar-refractivity contribution in [3.63, 3.8) is 0 Å². The fourth-order valence-corrected chi connectivity index (χ4v) is 6.74. The van der Waals surface area contributed by atoms with Gasteiger partial charge < -0.3 is 4.90 Å². The summed E-state index contributed by atoms with van der Waals surface area (Å²) in [7, 11) is -3.49. The Morgan fingerprint density at radius 1 is 0.818 bits per heavy atom. The van der Waals surface area contributed by atoms with Gasteiger partial charge in [0.25, 0.3) is 0 Å². The van der Waals surface area contributed by atoms with E-state index in [9.17, 15) is 8.42 Å². The molecule has 0 atom stereocenters. The van der Waals surface area contributed by atoms with Gasteiger partial charge in [0.15, 0.2) is 0 Å². The maximum Gasteiger partial charge on any atom is 0.302 e. The summed E-state index contributed by atoms with van der Waals surface area (Å²) in [4.78, 5) is 2.49. The highest BCUT2D eigenvalue weighted by Gasteiger charge is 2.36. The number of anilines is 1. The minimum Gasteiger partial charge on any atom is -0.303 e. The lowest BCUT2D eigenvalue weighted by molar-refractivity contribution is 0.209. The van der Waals surface area contributed by atoms with Crippen LogP contribution in [0.25, 0.3) is 0 Å². The minimum absolute atomic E-state index is 0.000700. The molecule has 2 aliphatic heterocycles. The molecule has 1 N–H and O–H groups in total. The van der Waals surface area contributed by atoms with Gasteiger partial charge in [0.2, 0.25) is 0 Å². The van der Waals surface area contributed by atoms with E-state index >= 15 is 0 Å². The zero-order valence-corrected chi connectivity index (χ0v) is 19.6. The Kier molecular flexibility index (Phi) is 6.49. The van der Waals surface area contributed by atoms with Crippen molar-refractivity contribution in [2.24, 2.45) is 0 Å². The van der Waals surface area contributed by atoms with Crippen LogP contribution < -0.4 is 9.03 Å². The van der Waals surface area contributed by atoms with Gasteiger partial charge >= 0.3 is 10.2 Å². The second-order valence-electron chi connectivity index (χ2n) is 8.99. The van der Waals surface area contributed by atoms with E-state index in [-0.39, 0.29) is 6.04 Å². The Morgan fingerprint density at radius 3 is 2.03 bits per heavy atom. The van der Waals surface area contributed by atoms with Crippen molar-refractivity contribution >= 4 is 15.9 Å². The topological polar surface area (TPSA) is 52.7 Å². The largest absolute Gasteiger partial charge is 0.303 e. The SMILES string of the molecule is O=S1(=O)NCc2ccccc2N1C1CCN(CCC(c2ccccc2)c2ccccc2)CC1. The highest BCUT2D eigenvalue weighted by atomic mass is 32.2. The summed E-state index contributed by atoms with van der Waals surface area (Å²) in [6, 6.07) is 29.3. The van der Waals surface area contributed by atoms with E-state index in [1.54, 1.807) is 4.31 Å². The Hall–Kier alpha value is -2.67. The number of nitrogens with one attached hydrogen (secondary N) is 1. The standard InChI is InChI=1S/C27H31N3O2S/c31-33(32)28-21-24-13-7-8-14-27(24)30(33)25-15-18-29(19-16-25)20-17-26(22-9-3-1-4-10-22)23-11-5-2-6-12-23/h1-14,25-26,28H,15-21H2. The number of hydrogen-bond acceptors (Lipinski definition) is 3. The zero-order chi connectivity index (χ0) is 22.7. The molecule has 3 aromatic carbocycles. The lowest BCUT2D eigenvalue weighted by Crippen LogP contribution is -2.53. The Morgan fingerprint density at radius 2 is 1.39 bits per heavy atom. The fraction of sp³-hybridized carbons (Fsp3) is 0.333. The molecule has 172 valence electrons. The van der Waals surface area contributed by atoms with Gasteiger partial charge in [0, 0.05) is 31.6 Å². The first-order chi connectivity index (χ1) is 16.1. The van der Waals surface area contributed by atoms with Crippen LogP contribution in [0.5, 0.6) is 0 Å². The molecule has 0 saturated carbocycles. The van der Waals surface area contributed by atoms with E-state index in [1.165, 1.54) is 11.1 Å². The number of piperidine rings is 1. The molecule has 1 fully saturated rings. The van der Waals surface area contributed by atoms with Crippen molar-refractivity contribution < 1.29 is 8.42 Å². The van der Waals surface area contributed by atoms with Crippen molar-refractivity contribution in [1.82, 2.24) is 9.62 Å². The van der Waals surface area contributed by atoms with Gasteiger partial charge in [-0.1, -0.05) is 78.9 Å². The second-order valence-corrected chi connectivity index (χ2v) is 10.6. The summed E-state index contributed by atoms with van der Waals surface area (Å²) in [5.74, 6) is 0.365. The summed E-state index contributed by atoms with van der Waals surface area (Å²) in [6.45, 7) is 3.20. The number of likely N-dealkylation sites (tertiary alicyclic amines) is 1. The molecule has 3 aromatic rings. The van der Waals surface area contributed by atoms with Crippen LogP contribution in [0, 0.1) is 0 Å². The van der Waals surface area contributed by atoms with E-state index < -0.39 is 10.2 Å². The predicted octanol–water partition coefficient (Wildman–Crippen LogP) is 4.53. The van der Waals surface area contributed by atoms with Crippen LogP contribution in [-0.2, 0) is 16.8 Å². The number of nitrogens with zero attached hydrogens (tertiary/aromatic N) is 2. The molecule has 33 heavy (non-hydrogen) atoms. The lowest BCUT2D eigenvalue weighted by atomic mass is 9.88. The summed E-state index contributed by atoms with van der Waals surface area (Å²) < 4.78 is 30.1. The van der Waals surface area contributed by atoms with Crippen LogP contribution in [0.1, 0.15) is 41.9 Å². The van der Waals surface area contributed by atoms with Crippen molar-refractivity contribution in [3.05, 3.63) is 102 Å². The van der Waals surface area contributed by atoms with Gasteiger partial charge in [-0.25, -0.2) is 0 Å². The normalized spacial score (nSPS) is 18.9. The number of rotatable bonds is 6. The summed E-state index contributed by atoms with van der Waals surface area (Å²) in [5, 5.41) is 0. The smallest absolute Gasteiger partial charge is 0.302 e. The zero-order valence-electron chi connectivity index (χ0n) is 18.8. The number of fused-ring (bicyclic) bond motifs is 1. The highest BCUT2D eigenvalue weighted by Crippen LogP contribution is 2.33. The van der Waals surface area contributed by atoms with E-state index in [0.717, 1.165) is 50.1 Å². The van der Waals surface area contributed by atoms with Crippen molar-refractivity contribution in [3.8, 4) is 0 Å². The third-order valence-electron chi connectivity index (χ3n) is 6.96. The number of hydrogen-bond donors (Lipinski definition) is 1. The minimum atomic E-state index is -3.49. The quantitative estimate of drug-likeness (QED) is 0.587. The Bertz CT molecular complexity index is 1120. The molecule has 0 aliphatic carbocycles. The molecule has 2 aliphatic rings. The van der Waals surface area contributed by atoms with Crippen LogP contribution in [0.4, 0.5) is 5.69 Å². The van der Waals surface area contributed by atoms with Crippen molar-refractivity contribution in [1.29, 1.82) is 0 Å². The first-order valence-electron chi connectivity index (χ1n) is 11.8. The fourth-order valence-electron chi connectivity index (χ4n) is 5.22. The molecule has 2 heterocycles. The third kappa shape index (κ3) is 4.83. The molecule has 0 spiro atoms. The monoisotopic (exact) mass is 461 g/mol. The van der Waals surface area contributed by atoms with Gasteiger partial charge in [0.05, 0.1) is 5.69 Å². The summed E-state index contributed by atoms with van der Waals surface area (Å²) in [6.07, 6.45) is 2.73. The third-order valence-corrected chi connectivity index (χ3v) is 8.48. The molecule has 1 saturated heterocycles. The first-order valence-corrected chi connectivity index (χ1v) is 13.2. The van der Waals surface area contributed by atoms with Crippen LogP contribution in [-0.4, -0.2) is 39.0 Å². The van der Waals surface area contributed by atoms with Crippen LogP contribution in [0.3, 0.4) is 0 Å². The number of benzene rings is 3. The van der Waals surface area contributed by atoms with Crippen LogP contribution >= 0.6 is 0 Å². The first kappa shape index (κ1) is 22.1. The maximum atomic E-state index is 12.9. The van der Waals surface area contributed by atoms with Gasteiger partial charge in [-0.05, 0) is 48.6 Å². The lowest BCUT2D eigenvalue weighted by Gasteiger charge is -2.41. The van der Waals surface area contributed by atoms with E-state index in [4.69, 9.17) is 0 Å². The molecule has 5 rings (SSSR count). The summed E-state index contributed by atoms with van der Waals surface area (Å²) >= 11 is 0. The molecule has 0 aromatic heterocycles. The molecule has 0 bridgehead atoms. The van der Waals surface area contributed by atoms with Crippen molar-refractivity contribution in [2.45, 2.75) is 37.8 Å². The van der Waals surface area contributed by atoms with Gasteiger partial charge in [-0.15, -0.1) is 0 Å². The van der Waals surface area contributed by atoms with E-state index in [0.29, 0.717) is 12.5 Å². The average Bonchev–Trinajstić information content (AvgIpc) is 2.86. The van der Waals surface area contributed by atoms with Gasteiger partial charge in [-0.3, -0.25) is 4.31 Å². The molecule has 0 amide bonds. The molecular weight excluding hydrogens is 430 g/mol. The van der Waals surface area contributed by atoms with Gasteiger partial charge in [-0.2, -0.15) is 13.1 Å². The number of para-hydroxylation sites is 1. The second kappa shape index (κ2) is 9.67. The average molecular weight is 462 g/mol.